The van der Waals surface area contributed by atoms with E-state index < -0.39 is 47.4 Å². The lowest BCUT2D eigenvalue weighted by Gasteiger charge is -2.35. The molecule has 208 valence electrons. The third kappa shape index (κ3) is 5.70. The third-order valence-electron chi connectivity index (χ3n) is 6.06. The summed E-state index contributed by atoms with van der Waals surface area (Å²) in [6.07, 6.45) is -8.13. The number of nitrogens with one attached hydrogen (secondary N) is 3. The van der Waals surface area contributed by atoms with Crippen molar-refractivity contribution in [1.82, 2.24) is 15.6 Å². The largest absolute Gasteiger partial charge is 0.490 e. The highest BCUT2D eigenvalue weighted by Gasteiger charge is 2.58. The summed E-state index contributed by atoms with van der Waals surface area (Å²) in [5.41, 5.74) is -0.196. The third-order valence-corrected chi connectivity index (χ3v) is 6.06. The van der Waals surface area contributed by atoms with Crippen LogP contribution in [0.5, 0.6) is 5.75 Å². The Balaban J connectivity index is 1.51. The molecule has 0 spiro atoms. The van der Waals surface area contributed by atoms with Crippen LogP contribution >= 0.6 is 0 Å². The molecule has 5 amide bonds. The molecule has 3 aromatic rings. The molecule has 4 rings (SSSR count). The molecule has 1 atom stereocenters. The normalized spacial score (nSPS) is 15.6. The lowest BCUT2D eigenvalue weighted by molar-refractivity contribution is -0.210. The molecule has 1 aliphatic rings. The number of esters is 1. The predicted octanol–water partition coefficient (Wildman–Crippen LogP) is 2.91. The Morgan fingerprint density at radius 3 is 2.27 bits per heavy atom. The number of anilines is 1. The Hall–Kier alpha value is -5.01. The Kier molecular flexibility index (Phi) is 7.44. The number of amides is 5. The second kappa shape index (κ2) is 10.6. The summed E-state index contributed by atoms with van der Waals surface area (Å²) < 4.78 is 48.9. The van der Waals surface area contributed by atoms with Crippen molar-refractivity contribution < 1.29 is 46.6 Å². The number of ether oxygens (including phenoxy) is 2. The summed E-state index contributed by atoms with van der Waals surface area (Å²) in [7, 11) is 0. The SMILES string of the molecule is Cc1cc(COc2ccc(NC(=O)C(OC(=O)C(F)(F)F)C3(C)C(=O)NC(=O)NC3=O)cc2)c2ccccc2n1. The number of urea groups is 1. The van der Waals surface area contributed by atoms with E-state index in [-0.39, 0.29) is 12.3 Å². The average molecular weight is 558 g/mol. The number of rotatable bonds is 7. The van der Waals surface area contributed by atoms with Gasteiger partial charge in [-0.3, -0.25) is 30.0 Å². The van der Waals surface area contributed by atoms with Crippen molar-refractivity contribution in [3.05, 3.63) is 65.9 Å². The van der Waals surface area contributed by atoms with Crippen molar-refractivity contribution in [3.63, 3.8) is 0 Å². The van der Waals surface area contributed by atoms with Crippen molar-refractivity contribution in [2.75, 3.05) is 5.32 Å². The standard InChI is InChI=1S/C26H21F3N4O7/c1-13-11-14(17-5-3-4-6-18(17)30-13)12-39-16-9-7-15(8-10-16)31-20(34)19(40-23(37)26(27,28)29)25(2)21(35)32-24(38)33-22(25)36/h3-11,19H,12H2,1-2H3,(H,31,34)(H2,32,33,35,36,38). The van der Waals surface area contributed by atoms with Gasteiger partial charge in [-0.25, -0.2) is 9.59 Å². The first kappa shape index (κ1) is 28.0. The van der Waals surface area contributed by atoms with E-state index >= 15 is 0 Å². The van der Waals surface area contributed by atoms with E-state index in [2.05, 4.69) is 15.0 Å². The van der Waals surface area contributed by atoms with Crippen molar-refractivity contribution in [2.45, 2.75) is 32.7 Å². The van der Waals surface area contributed by atoms with E-state index in [9.17, 15) is 37.1 Å². The minimum atomic E-state index is -5.54. The minimum absolute atomic E-state index is 0.0203. The summed E-state index contributed by atoms with van der Waals surface area (Å²) in [5, 5.41) is 6.48. The second-order valence-electron chi connectivity index (χ2n) is 8.97. The van der Waals surface area contributed by atoms with Gasteiger partial charge in [-0.15, -0.1) is 0 Å². The van der Waals surface area contributed by atoms with Crippen LogP contribution in [0, 0.1) is 12.3 Å². The van der Waals surface area contributed by atoms with E-state index in [1.54, 1.807) is 10.6 Å². The van der Waals surface area contributed by atoms with Gasteiger partial charge in [0.25, 0.3) is 5.91 Å². The van der Waals surface area contributed by atoms with Crippen LogP contribution in [-0.2, 0) is 30.5 Å². The molecule has 1 aliphatic heterocycles. The Morgan fingerprint density at radius 1 is 1.02 bits per heavy atom. The highest BCUT2D eigenvalue weighted by atomic mass is 19.4. The van der Waals surface area contributed by atoms with Gasteiger partial charge >= 0.3 is 18.2 Å². The number of halogens is 3. The molecular weight excluding hydrogens is 537 g/mol. The van der Waals surface area contributed by atoms with Gasteiger partial charge in [0.1, 0.15) is 12.4 Å². The number of aromatic nitrogens is 1. The summed E-state index contributed by atoms with van der Waals surface area (Å²) in [6.45, 7) is 2.80. The van der Waals surface area contributed by atoms with E-state index in [0.29, 0.717) is 5.75 Å². The van der Waals surface area contributed by atoms with Crippen molar-refractivity contribution in [2.24, 2.45) is 5.41 Å². The smallest absolute Gasteiger partial charge is 0.489 e. The quantitative estimate of drug-likeness (QED) is 0.296. The number of imide groups is 2. The highest BCUT2D eigenvalue weighted by Crippen LogP contribution is 2.31. The fraction of sp³-hybridized carbons (Fsp3) is 0.231. The molecule has 1 unspecified atom stereocenters. The van der Waals surface area contributed by atoms with Crippen LogP contribution in [0.15, 0.2) is 54.6 Å². The van der Waals surface area contributed by atoms with Crippen molar-refractivity contribution in [1.29, 1.82) is 0 Å². The maximum absolute atomic E-state index is 13.0. The molecule has 0 saturated carbocycles. The molecule has 40 heavy (non-hydrogen) atoms. The van der Waals surface area contributed by atoms with Crippen molar-refractivity contribution in [3.8, 4) is 5.75 Å². The number of carbonyl (C=O) groups is 5. The number of para-hydroxylation sites is 1. The van der Waals surface area contributed by atoms with Gasteiger partial charge in [-0.2, -0.15) is 13.2 Å². The molecule has 2 aromatic carbocycles. The summed E-state index contributed by atoms with van der Waals surface area (Å²) in [5.74, 6) is -6.72. The molecule has 0 aliphatic carbocycles. The fourth-order valence-electron chi connectivity index (χ4n) is 3.96. The lowest BCUT2D eigenvalue weighted by atomic mass is 9.80. The van der Waals surface area contributed by atoms with Gasteiger partial charge < -0.3 is 14.8 Å². The zero-order valence-electron chi connectivity index (χ0n) is 20.9. The number of hydrogen-bond donors (Lipinski definition) is 3. The lowest BCUT2D eigenvalue weighted by Crippen LogP contribution is -2.67. The van der Waals surface area contributed by atoms with E-state index in [1.165, 1.54) is 24.3 Å². The zero-order chi connectivity index (χ0) is 29.2. The number of fused-ring (bicyclic) bond motifs is 1. The van der Waals surface area contributed by atoms with Gasteiger partial charge in [0.2, 0.25) is 17.9 Å². The van der Waals surface area contributed by atoms with Gasteiger partial charge in [-0.1, -0.05) is 18.2 Å². The van der Waals surface area contributed by atoms with Crippen LogP contribution in [0.25, 0.3) is 10.9 Å². The fourth-order valence-corrected chi connectivity index (χ4v) is 3.96. The van der Waals surface area contributed by atoms with Crippen LogP contribution in [0.4, 0.5) is 23.7 Å². The first-order valence-corrected chi connectivity index (χ1v) is 11.6. The number of hydrogen-bond acceptors (Lipinski definition) is 8. The number of aryl methyl sites for hydroxylation is 1. The Morgan fingerprint density at radius 2 is 1.65 bits per heavy atom. The maximum Gasteiger partial charge on any atom is 0.490 e. The van der Waals surface area contributed by atoms with Gasteiger partial charge in [-0.05, 0) is 50.2 Å². The predicted molar refractivity (Wildman–Crippen MR) is 132 cm³/mol. The molecule has 0 radical (unpaired) electrons. The number of barbiturate groups is 1. The summed E-state index contributed by atoms with van der Waals surface area (Å²) in [6, 6.07) is 13.8. The average Bonchev–Trinajstić information content (AvgIpc) is 2.88. The van der Waals surface area contributed by atoms with Gasteiger partial charge in [0.15, 0.2) is 5.41 Å². The molecule has 2 heterocycles. The zero-order valence-corrected chi connectivity index (χ0v) is 20.9. The van der Waals surface area contributed by atoms with Crippen LogP contribution in [0.1, 0.15) is 18.2 Å². The number of alkyl halides is 3. The number of nitrogens with zero attached hydrogens (tertiary/aromatic N) is 1. The van der Waals surface area contributed by atoms with E-state index in [0.717, 1.165) is 29.1 Å². The van der Waals surface area contributed by atoms with E-state index in [1.807, 2.05) is 37.3 Å². The molecule has 14 heteroatoms. The summed E-state index contributed by atoms with van der Waals surface area (Å²) in [4.78, 5) is 65.3. The number of carbonyl (C=O) groups excluding carboxylic acids is 5. The molecule has 3 N–H and O–H groups in total. The molecule has 11 nitrogen and oxygen atoms in total. The molecular formula is C26H21F3N4O7. The molecule has 1 aromatic heterocycles. The van der Waals surface area contributed by atoms with Crippen LogP contribution < -0.4 is 20.7 Å². The monoisotopic (exact) mass is 558 g/mol. The highest BCUT2D eigenvalue weighted by molar-refractivity contribution is 6.22. The minimum Gasteiger partial charge on any atom is -0.489 e. The van der Waals surface area contributed by atoms with Gasteiger partial charge in [0.05, 0.1) is 5.52 Å². The summed E-state index contributed by atoms with van der Waals surface area (Å²) >= 11 is 0. The molecule has 0 bridgehead atoms. The van der Waals surface area contributed by atoms with E-state index in [4.69, 9.17) is 4.74 Å². The Labute approximate surface area is 224 Å². The van der Waals surface area contributed by atoms with Crippen LogP contribution in [0.2, 0.25) is 0 Å². The first-order chi connectivity index (χ1) is 18.8. The van der Waals surface area contributed by atoms with Gasteiger partial charge in [0, 0.05) is 22.3 Å². The topological polar surface area (TPSA) is 153 Å². The second-order valence-corrected chi connectivity index (χ2v) is 8.97. The molecule has 1 saturated heterocycles. The number of benzene rings is 2. The molecule has 1 fully saturated rings. The van der Waals surface area contributed by atoms with Crippen LogP contribution in [0.3, 0.4) is 0 Å². The van der Waals surface area contributed by atoms with Crippen molar-refractivity contribution >= 4 is 46.3 Å². The maximum atomic E-state index is 13.0. The first-order valence-electron chi connectivity index (χ1n) is 11.6. The number of pyridine rings is 1. The Bertz CT molecular complexity index is 1500. The van der Waals surface area contributed by atoms with Crippen LogP contribution in [-0.4, -0.2) is 47.0 Å².